The Morgan fingerprint density at radius 1 is 1.29 bits per heavy atom. The summed E-state index contributed by atoms with van der Waals surface area (Å²) in [6.07, 6.45) is 6.12. The Morgan fingerprint density at radius 3 is 2.58 bits per heavy atom. The second kappa shape index (κ2) is 10.9. The van der Waals surface area contributed by atoms with Crippen LogP contribution in [0, 0.1) is 18.3 Å². The lowest BCUT2D eigenvalue weighted by atomic mass is 9.97. The minimum atomic E-state index is -3.84. The Hall–Kier alpha value is -2.90. The Bertz CT molecular complexity index is 962. The van der Waals surface area contributed by atoms with Gasteiger partial charge in [-0.3, -0.25) is 14.4 Å². The van der Waals surface area contributed by atoms with Gasteiger partial charge in [0.2, 0.25) is 15.9 Å². The van der Waals surface area contributed by atoms with E-state index in [1.807, 2.05) is 0 Å². The zero-order valence-corrected chi connectivity index (χ0v) is 18.5. The highest BCUT2D eigenvalue weighted by Crippen LogP contribution is 2.19. The zero-order chi connectivity index (χ0) is 23.0. The van der Waals surface area contributed by atoms with Gasteiger partial charge in [-0.25, -0.2) is 8.42 Å². The number of sulfonamides is 1. The second-order valence-corrected chi connectivity index (χ2v) is 8.89. The Labute approximate surface area is 182 Å². The molecule has 0 radical (unpaired) electrons. The number of likely N-dealkylation sites (tertiary alicyclic amines) is 1. The molecule has 168 valence electrons. The molecule has 1 aliphatic rings. The summed E-state index contributed by atoms with van der Waals surface area (Å²) in [4.78, 5) is 39.9. The van der Waals surface area contributed by atoms with Crippen LogP contribution in [0.2, 0.25) is 0 Å². The predicted octanol–water partition coefficient (Wildman–Crippen LogP) is 0.472. The number of rotatable bonds is 8. The molecule has 0 unspecified atom stereocenters. The van der Waals surface area contributed by atoms with E-state index in [9.17, 15) is 22.8 Å². The number of esters is 1. The summed E-state index contributed by atoms with van der Waals surface area (Å²) < 4.78 is 31.7. The molecule has 2 rings (SSSR count). The van der Waals surface area contributed by atoms with Crippen LogP contribution in [0.3, 0.4) is 0 Å². The summed E-state index contributed by atoms with van der Waals surface area (Å²) in [5, 5.41) is 0. The molecule has 2 amide bonds. The normalized spacial score (nSPS) is 14.5. The van der Waals surface area contributed by atoms with Gasteiger partial charge in [0.1, 0.15) is 0 Å². The van der Waals surface area contributed by atoms with Crippen LogP contribution in [0.5, 0.6) is 0 Å². The molecule has 0 spiro atoms. The number of piperidine rings is 1. The van der Waals surface area contributed by atoms with Crippen molar-refractivity contribution in [3.8, 4) is 12.3 Å². The average molecular weight is 450 g/mol. The maximum absolute atomic E-state index is 12.7. The highest BCUT2D eigenvalue weighted by atomic mass is 32.2. The van der Waals surface area contributed by atoms with Gasteiger partial charge in [0.05, 0.1) is 30.5 Å². The second-order valence-electron chi connectivity index (χ2n) is 7.12. The number of benzene rings is 1. The predicted molar refractivity (Wildman–Crippen MR) is 113 cm³/mol. The highest BCUT2D eigenvalue weighted by molar-refractivity contribution is 7.89. The molecular weight excluding hydrogens is 422 g/mol. The Morgan fingerprint density at radius 2 is 1.97 bits per heavy atom. The number of hydrogen-bond acceptors (Lipinski definition) is 6. The van der Waals surface area contributed by atoms with E-state index in [1.54, 1.807) is 11.8 Å². The molecule has 31 heavy (non-hydrogen) atoms. The molecule has 0 atom stereocenters. The molecule has 0 aliphatic carbocycles. The van der Waals surface area contributed by atoms with Crippen molar-refractivity contribution in [1.82, 2.24) is 14.5 Å². The number of nitrogens with one attached hydrogen (secondary N) is 1. The lowest BCUT2D eigenvalue weighted by Crippen LogP contribution is -2.45. The van der Waals surface area contributed by atoms with Crippen molar-refractivity contribution >= 4 is 27.8 Å². The number of carbonyl (C=O) groups is 3. The lowest BCUT2D eigenvalue weighted by molar-refractivity contribution is -0.151. The quantitative estimate of drug-likeness (QED) is 0.456. The third-order valence-corrected chi connectivity index (χ3v) is 6.34. The lowest BCUT2D eigenvalue weighted by Gasteiger charge is -2.32. The van der Waals surface area contributed by atoms with Gasteiger partial charge in [0, 0.05) is 25.7 Å². The van der Waals surface area contributed by atoms with Gasteiger partial charge in [0.25, 0.3) is 5.91 Å². The Balaban J connectivity index is 1.97. The van der Waals surface area contributed by atoms with Crippen molar-refractivity contribution in [2.75, 3.05) is 39.8 Å². The molecule has 1 aliphatic heterocycles. The summed E-state index contributed by atoms with van der Waals surface area (Å²) in [5.74, 6) is 1.01. The molecule has 0 aromatic heterocycles. The number of likely N-dealkylation sites (N-methyl/N-ethyl adjacent to an activating group) is 1. The van der Waals surface area contributed by atoms with Crippen molar-refractivity contribution in [2.45, 2.75) is 24.7 Å². The summed E-state index contributed by atoms with van der Waals surface area (Å²) in [6, 6.07) is 5.53. The fourth-order valence-corrected chi connectivity index (χ4v) is 4.22. The molecule has 1 saturated heterocycles. The fraction of sp³-hybridized carbons (Fsp3) is 0.476. The van der Waals surface area contributed by atoms with Gasteiger partial charge in [-0.2, -0.15) is 4.72 Å². The largest absolute Gasteiger partial charge is 0.466 e. The molecule has 1 aromatic rings. The summed E-state index contributed by atoms with van der Waals surface area (Å²) >= 11 is 0. The van der Waals surface area contributed by atoms with Crippen LogP contribution in [0.4, 0.5) is 0 Å². The summed E-state index contributed by atoms with van der Waals surface area (Å²) in [7, 11) is -2.36. The molecule has 9 nitrogen and oxygen atoms in total. The standard InChI is InChI=1S/C21H27N3O6S/c1-4-11-22-31(28,29)18-8-6-7-17(14-18)20(26)23(3)15-19(25)24-12-9-16(10-13-24)21(27)30-5-2/h1,6-8,14,16,22H,5,9-13,15H2,2-3H3. The number of nitrogens with zero attached hydrogens (tertiary/aromatic N) is 2. The van der Waals surface area contributed by atoms with E-state index in [0.717, 1.165) is 0 Å². The van der Waals surface area contributed by atoms with E-state index in [1.165, 1.54) is 36.2 Å². The molecule has 0 bridgehead atoms. The summed E-state index contributed by atoms with van der Waals surface area (Å²) in [5.41, 5.74) is 0.139. The van der Waals surface area contributed by atoms with E-state index in [4.69, 9.17) is 11.2 Å². The molecule has 1 fully saturated rings. The van der Waals surface area contributed by atoms with Gasteiger partial charge < -0.3 is 14.5 Å². The number of amides is 2. The maximum atomic E-state index is 12.7. The first-order valence-electron chi connectivity index (χ1n) is 9.92. The van der Waals surface area contributed by atoms with Crippen molar-refractivity contribution in [1.29, 1.82) is 0 Å². The van der Waals surface area contributed by atoms with E-state index in [0.29, 0.717) is 32.5 Å². The van der Waals surface area contributed by atoms with Gasteiger partial charge in [-0.05, 0) is 38.0 Å². The average Bonchev–Trinajstić information content (AvgIpc) is 2.77. The van der Waals surface area contributed by atoms with Crippen LogP contribution in [-0.2, 0) is 24.3 Å². The van der Waals surface area contributed by atoms with Crippen molar-refractivity contribution < 1.29 is 27.5 Å². The number of ether oxygens (including phenoxy) is 1. The first-order chi connectivity index (χ1) is 14.7. The monoisotopic (exact) mass is 449 g/mol. The first-order valence-corrected chi connectivity index (χ1v) is 11.4. The van der Waals surface area contributed by atoms with Crippen molar-refractivity contribution in [3.05, 3.63) is 29.8 Å². The van der Waals surface area contributed by atoms with Gasteiger partial charge in [0.15, 0.2) is 0 Å². The van der Waals surface area contributed by atoms with Crippen molar-refractivity contribution in [2.24, 2.45) is 5.92 Å². The summed E-state index contributed by atoms with van der Waals surface area (Å²) in [6.45, 7) is 2.59. The minimum Gasteiger partial charge on any atom is -0.466 e. The number of carbonyl (C=O) groups excluding carboxylic acids is 3. The van der Waals surface area contributed by atoms with Crippen LogP contribution in [-0.4, -0.2) is 75.8 Å². The van der Waals surface area contributed by atoms with Crippen LogP contribution >= 0.6 is 0 Å². The van der Waals surface area contributed by atoms with Crippen molar-refractivity contribution in [3.63, 3.8) is 0 Å². The van der Waals surface area contributed by atoms with E-state index in [2.05, 4.69) is 10.6 Å². The fourth-order valence-electron chi connectivity index (χ4n) is 3.24. The smallest absolute Gasteiger partial charge is 0.309 e. The van der Waals surface area contributed by atoms with Crippen LogP contribution in [0.1, 0.15) is 30.1 Å². The molecule has 1 aromatic carbocycles. The van der Waals surface area contributed by atoms with E-state index in [-0.39, 0.29) is 41.3 Å². The molecular formula is C21H27N3O6S. The van der Waals surface area contributed by atoms with Gasteiger partial charge in [-0.15, -0.1) is 6.42 Å². The molecule has 0 saturated carbocycles. The van der Waals surface area contributed by atoms with Gasteiger partial charge in [-0.1, -0.05) is 12.0 Å². The van der Waals surface area contributed by atoms with Crippen LogP contribution < -0.4 is 4.72 Å². The zero-order valence-electron chi connectivity index (χ0n) is 17.7. The topological polar surface area (TPSA) is 113 Å². The van der Waals surface area contributed by atoms with Crippen LogP contribution in [0.15, 0.2) is 29.2 Å². The molecule has 10 heteroatoms. The minimum absolute atomic E-state index is 0.0886. The SMILES string of the molecule is C#CCNS(=O)(=O)c1cccc(C(=O)N(C)CC(=O)N2CCC(C(=O)OCC)CC2)c1. The molecule has 1 N–H and O–H groups in total. The number of hydrogen-bond donors (Lipinski definition) is 1. The Kier molecular flexibility index (Phi) is 8.59. The van der Waals surface area contributed by atoms with E-state index >= 15 is 0 Å². The molecule has 1 heterocycles. The van der Waals surface area contributed by atoms with Gasteiger partial charge >= 0.3 is 5.97 Å². The van der Waals surface area contributed by atoms with Crippen LogP contribution in [0.25, 0.3) is 0 Å². The first kappa shape index (κ1) is 24.4. The number of terminal acetylenes is 1. The highest BCUT2D eigenvalue weighted by Gasteiger charge is 2.29. The maximum Gasteiger partial charge on any atom is 0.309 e. The third-order valence-electron chi connectivity index (χ3n) is 4.94. The van der Waals surface area contributed by atoms with E-state index < -0.39 is 15.9 Å². The third kappa shape index (κ3) is 6.54.